The van der Waals surface area contributed by atoms with E-state index in [4.69, 9.17) is 0 Å². The first-order chi connectivity index (χ1) is 30.0. The van der Waals surface area contributed by atoms with Crippen molar-refractivity contribution in [1.29, 1.82) is 0 Å². The Bertz CT molecular complexity index is 812. The van der Waals surface area contributed by atoms with Crippen LogP contribution < -0.4 is 48.3 Å². The van der Waals surface area contributed by atoms with Crippen LogP contribution in [0.25, 0.3) is 0 Å². The van der Waals surface area contributed by atoms with E-state index in [0.717, 1.165) is 58.9 Å². The van der Waals surface area contributed by atoms with E-state index < -0.39 is 7.12 Å². The lowest BCUT2D eigenvalue weighted by Gasteiger charge is -2.40. The van der Waals surface area contributed by atoms with Crippen LogP contribution in [0.2, 0.25) is 0 Å². The highest BCUT2D eigenvalue weighted by Gasteiger charge is 2.40. The summed E-state index contributed by atoms with van der Waals surface area (Å²) in [6.45, 7) is 37.5. The number of nitrogens with two attached hydrogens (primary N) is 3. The molecule has 0 aliphatic carbocycles. The fourth-order valence-electron chi connectivity index (χ4n) is 8.60. The highest BCUT2D eigenvalue weighted by atomic mass is 15.4. The van der Waals surface area contributed by atoms with Crippen molar-refractivity contribution in [2.75, 3.05) is 162 Å². The quantitative estimate of drug-likeness (QED) is 0.0550. The maximum atomic E-state index is 4.67. The lowest BCUT2D eigenvalue weighted by molar-refractivity contribution is 0.294. The highest BCUT2D eigenvalue weighted by molar-refractivity contribution is 6.51. The molecule has 0 saturated carbocycles. The van der Waals surface area contributed by atoms with Crippen molar-refractivity contribution in [2.24, 2.45) is 16.9 Å². The van der Waals surface area contributed by atoms with Gasteiger partial charge < -0.3 is 91.6 Å². The molecule has 0 spiro atoms. The van der Waals surface area contributed by atoms with Crippen LogP contribution >= 0.6 is 0 Å². The summed E-state index contributed by atoms with van der Waals surface area (Å²) in [4.78, 5) is 22.3. The monoisotopic (exact) mass is 895 g/mol. The second-order valence-electron chi connectivity index (χ2n) is 16.8. The average Bonchev–Trinajstić information content (AvgIpc) is 4.08. The maximum Gasteiger partial charge on any atom is 0.403 e. The Morgan fingerprint density at radius 1 is 0.397 bits per heavy atom. The van der Waals surface area contributed by atoms with Crippen LogP contribution in [0.15, 0.2) is 0 Å². The van der Waals surface area contributed by atoms with Gasteiger partial charge >= 0.3 is 42.7 Å². The van der Waals surface area contributed by atoms with Gasteiger partial charge in [-0.15, -0.1) is 0 Å². The third kappa shape index (κ3) is 31.4. The van der Waals surface area contributed by atoms with Gasteiger partial charge in [0.1, 0.15) is 0 Å². The standard InChI is InChI=1S/C12H24BN3.C12H30BN3.2C6H18BN3.C3H12BN3.BH6N3/c1-2-8-14(7-1)13(15-9-3-4-10-15)16-11-5-6-12-16;1-7-14(8-2)13(15(9-3)10-4)16(11-5)12-6;1-8(2)7(9(3)4)10(5)6;1-4-8-7(9-5-2)10-6-3;1-5-4(6-2)7-3;2-1(3)4/h1-12H2;7-12H2,1-6H3;1-6H3;8-10H,4-6H2,1-3H3;5-7H,1-3H3;2-4H2. The fourth-order valence-corrected chi connectivity index (χ4v) is 8.60. The summed E-state index contributed by atoms with van der Waals surface area (Å²) in [5.74, 6) is 0. The van der Waals surface area contributed by atoms with E-state index in [-0.39, 0.29) is 14.2 Å². The molecule has 3 aliphatic heterocycles. The van der Waals surface area contributed by atoms with E-state index in [9.17, 15) is 0 Å². The van der Waals surface area contributed by atoms with E-state index in [1.807, 2.05) is 21.1 Å². The molecule has 12 N–H and O–H groups in total. The van der Waals surface area contributed by atoms with Crippen LogP contribution in [0.4, 0.5) is 0 Å². The Balaban J connectivity index is -0.000000720. The zero-order valence-electron chi connectivity index (χ0n) is 45.1. The van der Waals surface area contributed by atoms with Crippen LogP contribution in [0.1, 0.15) is 101 Å². The summed E-state index contributed by atoms with van der Waals surface area (Å²) >= 11 is 0. The van der Waals surface area contributed by atoms with Gasteiger partial charge in [-0.2, -0.15) is 0 Å². The highest BCUT2D eigenvalue weighted by Crippen LogP contribution is 2.22. The number of rotatable bonds is 24. The molecule has 24 heteroatoms. The molecule has 0 aromatic heterocycles. The number of nitrogens with zero attached hydrogens (tertiary/aromatic N) is 9. The molecule has 18 nitrogen and oxygen atoms in total. The minimum atomic E-state index is -0.667. The first kappa shape index (κ1) is 66.9. The SMILES string of the molecule is C1CCN(B(N2CCCC2)N2CCCC2)C1.CCN(CC)B(N(CC)CC)N(CC)CC.CCNB(NCC)NCC.CN(C)B(N(C)C)N(C)C.CNB(NC)NC.NB(N)N. The largest absolute Gasteiger partial charge is 0.403 e. The van der Waals surface area contributed by atoms with Crippen molar-refractivity contribution in [2.45, 2.75) is 101 Å². The first-order valence-corrected chi connectivity index (χ1v) is 25.0. The van der Waals surface area contributed by atoms with E-state index in [1.165, 1.54) is 77.8 Å². The average molecular weight is 894 g/mol. The Morgan fingerprint density at radius 2 is 0.619 bits per heavy atom. The van der Waals surface area contributed by atoms with Crippen molar-refractivity contribution < 1.29 is 0 Å². The second kappa shape index (κ2) is 44.2. The van der Waals surface area contributed by atoms with Gasteiger partial charge in [0.15, 0.2) is 0 Å². The van der Waals surface area contributed by atoms with Gasteiger partial charge in [-0.1, -0.05) is 62.3 Å². The number of nitrogens with one attached hydrogen (secondary N) is 6. The Morgan fingerprint density at radius 3 is 0.746 bits per heavy atom. The molecule has 0 radical (unpaired) electrons. The predicted molar refractivity (Wildman–Crippen MR) is 288 cm³/mol. The molecule has 3 aliphatic rings. The molecular weight excluding hydrogens is 785 g/mol. The van der Waals surface area contributed by atoms with Gasteiger partial charge in [-0.25, -0.2) is 0 Å². The molecule has 372 valence electrons. The van der Waals surface area contributed by atoms with Gasteiger partial charge in [0.2, 0.25) is 0 Å². The number of hydrogen-bond acceptors (Lipinski definition) is 18. The minimum Gasteiger partial charge on any atom is -0.342 e. The van der Waals surface area contributed by atoms with Crippen LogP contribution in [0.3, 0.4) is 0 Å². The Hall–Kier alpha value is -0.330. The normalized spacial score (nSPS) is 15.3. The molecule has 0 unspecified atom stereocenters. The predicted octanol–water partition coefficient (Wildman–Crippen LogP) is -0.812. The molecule has 63 heavy (non-hydrogen) atoms. The maximum absolute atomic E-state index is 4.67. The smallest absolute Gasteiger partial charge is 0.342 e. The molecular formula is C39H108B6N18. The molecule has 3 heterocycles. The van der Waals surface area contributed by atoms with Crippen LogP contribution in [-0.2, 0) is 0 Å². The molecule has 3 rings (SSSR count). The molecule has 3 saturated heterocycles. The Labute approximate surface area is 395 Å². The molecule has 0 atom stereocenters. The van der Waals surface area contributed by atoms with Crippen molar-refractivity contribution in [3.05, 3.63) is 0 Å². The van der Waals surface area contributed by atoms with Gasteiger partial charge in [0.05, 0.1) is 0 Å². The van der Waals surface area contributed by atoms with Gasteiger partial charge in [-0.05, 0) is 200 Å². The van der Waals surface area contributed by atoms with Crippen molar-refractivity contribution in [3.63, 3.8) is 0 Å². The first-order valence-electron chi connectivity index (χ1n) is 25.0. The lowest BCUT2D eigenvalue weighted by Crippen LogP contribution is -2.62. The van der Waals surface area contributed by atoms with E-state index >= 15 is 0 Å². The summed E-state index contributed by atoms with van der Waals surface area (Å²) < 4.78 is 0. The topological polar surface area (TPSA) is 179 Å². The minimum absolute atomic E-state index is 0.236. The lowest BCUT2D eigenvalue weighted by atomic mass is 9.82. The van der Waals surface area contributed by atoms with Gasteiger partial charge in [-0.3, -0.25) is 0 Å². The zero-order chi connectivity index (χ0) is 48.8. The number of hydrogen-bond donors (Lipinski definition) is 9. The summed E-state index contributed by atoms with van der Waals surface area (Å²) in [6.07, 6.45) is 8.49. The fraction of sp³-hybridized carbons (Fsp3) is 1.00. The van der Waals surface area contributed by atoms with Crippen LogP contribution in [-0.4, -0.2) is 248 Å². The Kier molecular flexibility index (Phi) is 47.0. The summed E-state index contributed by atoms with van der Waals surface area (Å²) in [5.41, 5.74) is 14.0. The van der Waals surface area contributed by atoms with E-state index in [2.05, 4.69) is 196 Å². The summed E-state index contributed by atoms with van der Waals surface area (Å²) in [7, 11) is 19.5. The molecule has 0 bridgehead atoms. The molecule has 0 aromatic carbocycles. The van der Waals surface area contributed by atoms with Crippen molar-refractivity contribution in [1.82, 2.24) is 74.7 Å². The van der Waals surface area contributed by atoms with Crippen LogP contribution in [0, 0.1) is 0 Å². The van der Waals surface area contributed by atoms with Gasteiger partial charge in [0, 0.05) is 0 Å². The molecule has 0 aromatic rings. The third-order valence-electron chi connectivity index (χ3n) is 11.3. The van der Waals surface area contributed by atoms with E-state index in [0.29, 0.717) is 21.4 Å². The van der Waals surface area contributed by atoms with Crippen molar-refractivity contribution >= 4 is 42.7 Å². The van der Waals surface area contributed by atoms with Gasteiger partial charge in [0.25, 0.3) is 0 Å². The summed E-state index contributed by atoms with van der Waals surface area (Å²) in [6, 6.07) is 0. The zero-order valence-corrected chi connectivity index (χ0v) is 45.1. The second-order valence-corrected chi connectivity index (χ2v) is 16.8. The molecule has 0 amide bonds. The van der Waals surface area contributed by atoms with Crippen molar-refractivity contribution in [3.8, 4) is 0 Å². The van der Waals surface area contributed by atoms with E-state index in [1.54, 1.807) is 0 Å². The summed E-state index contributed by atoms with van der Waals surface area (Å²) in [5, 5.41) is 18.7. The third-order valence-corrected chi connectivity index (χ3v) is 11.3. The van der Waals surface area contributed by atoms with Crippen LogP contribution in [0.5, 0.6) is 0 Å². The molecule has 3 fully saturated rings.